The molecule has 4 nitrogen and oxygen atoms in total. The fraction of sp³-hybridized carbons (Fsp3) is 0.235. The van der Waals surface area contributed by atoms with Crippen LogP contribution in [0, 0.1) is 0 Å². The van der Waals surface area contributed by atoms with E-state index in [9.17, 15) is 9.90 Å². The van der Waals surface area contributed by atoms with Crippen molar-refractivity contribution >= 4 is 11.6 Å². The average Bonchev–Trinajstić information content (AvgIpc) is 2.53. The second-order valence-electron chi connectivity index (χ2n) is 5.08. The van der Waals surface area contributed by atoms with Gasteiger partial charge < -0.3 is 15.3 Å². The Bertz CT molecular complexity index is 579. The van der Waals surface area contributed by atoms with Crippen LogP contribution < -0.4 is 10.2 Å². The number of hydrogen-bond donors (Lipinski definition) is 2. The van der Waals surface area contributed by atoms with Crippen LogP contribution in [0.1, 0.15) is 22.0 Å². The van der Waals surface area contributed by atoms with Crippen molar-refractivity contribution in [1.82, 2.24) is 5.32 Å². The van der Waals surface area contributed by atoms with Crippen LogP contribution in [0.3, 0.4) is 0 Å². The zero-order chi connectivity index (χ0) is 15.2. The summed E-state index contributed by atoms with van der Waals surface area (Å²) in [6.45, 7) is 0.193. The van der Waals surface area contributed by atoms with E-state index in [0.717, 1.165) is 11.3 Å². The molecule has 0 heterocycles. The molecule has 0 aromatic heterocycles. The lowest BCUT2D eigenvalue weighted by Gasteiger charge is -2.14. The van der Waals surface area contributed by atoms with Gasteiger partial charge in [-0.25, -0.2) is 0 Å². The molecule has 0 aliphatic heterocycles. The summed E-state index contributed by atoms with van der Waals surface area (Å²) in [5, 5.41) is 12.8. The maximum absolute atomic E-state index is 12.0. The minimum absolute atomic E-state index is 0.185. The van der Waals surface area contributed by atoms with E-state index < -0.39 is 6.10 Å². The third-order valence-electron chi connectivity index (χ3n) is 3.29. The van der Waals surface area contributed by atoms with Gasteiger partial charge in [-0.1, -0.05) is 30.3 Å². The van der Waals surface area contributed by atoms with E-state index in [1.165, 1.54) is 0 Å². The van der Waals surface area contributed by atoms with Crippen molar-refractivity contribution in [2.75, 3.05) is 25.5 Å². The van der Waals surface area contributed by atoms with E-state index in [1.807, 2.05) is 61.5 Å². The van der Waals surface area contributed by atoms with Gasteiger partial charge in [0, 0.05) is 31.9 Å². The number of aliphatic hydroxyl groups is 1. The number of carbonyl (C=O) groups is 1. The highest BCUT2D eigenvalue weighted by molar-refractivity contribution is 5.94. The summed E-state index contributed by atoms with van der Waals surface area (Å²) >= 11 is 0. The number of rotatable bonds is 5. The van der Waals surface area contributed by atoms with E-state index >= 15 is 0 Å². The first-order chi connectivity index (χ1) is 10.1. The molecule has 0 fully saturated rings. The number of benzene rings is 2. The van der Waals surface area contributed by atoms with Gasteiger partial charge in [-0.05, 0) is 29.8 Å². The van der Waals surface area contributed by atoms with Crippen LogP contribution in [-0.2, 0) is 0 Å². The first-order valence-electron chi connectivity index (χ1n) is 6.86. The predicted octanol–water partition coefficient (Wildman–Crippen LogP) is 2.22. The Morgan fingerprint density at radius 1 is 1.10 bits per heavy atom. The molecule has 0 aliphatic rings. The van der Waals surface area contributed by atoms with Gasteiger partial charge >= 0.3 is 0 Å². The van der Waals surface area contributed by atoms with Crippen molar-refractivity contribution in [3.63, 3.8) is 0 Å². The number of amides is 1. The molecule has 0 spiro atoms. The number of nitrogens with zero attached hydrogens (tertiary/aromatic N) is 1. The second kappa shape index (κ2) is 6.90. The number of nitrogens with one attached hydrogen (secondary N) is 1. The first kappa shape index (κ1) is 15.1. The molecule has 2 rings (SSSR count). The highest BCUT2D eigenvalue weighted by atomic mass is 16.3. The number of aliphatic hydroxyl groups excluding tert-OH is 1. The van der Waals surface area contributed by atoms with Crippen molar-refractivity contribution in [3.8, 4) is 0 Å². The van der Waals surface area contributed by atoms with Crippen LogP contribution in [0.15, 0.2) is 54.6 Å². The topological polar surface area (TPSA) is 52.6 Å². The minimum Gasteiger partial charge on any atom is -0.387 e. The van der Waals surface area contributed by atoms with Gasteiger partial charge in [-0.2, -0.15) is 0 Å². The zero-order valence-electron chi connectivity index (χ0n) is 12.3. The largest absolute Gasteiger partial charge is 0.387 e. The smallest absolute Gasteiger partial charge is 0.251 e. The van der Waals surface area contributed by atoms with E-state index in [4.69, 9.17) is 0 Å². The monoisotopic (exact) mass is 284 g/mol. The standard InChI is InChI=1S/C17H20N2O2/c1-19(2)15-10-8-14(9-11-15)17(21)18-12-16(20)13-6-4-3-5-7-13/h3-11,16,20H,12H2,1-2H3,(H,18,21)/t16-/m1/s1. The molecule has 2 N–H and O–H groups in total. The molecular weight excluding hydrogens is 264 g/mol. The Morgan fingerprint density at radius 3 is 2.29 bits per heavy atom. The number of hydrogen-bond acceptors (Lipinski definition) is 3. The van der Waals surface area contributed by atoms with Gasteiger partial charge in [0.05, 0.1) is 6.10 Å². The van der Waals surface area contributed by atoms with Crippen molar-refractivity contribution in [1.29, 1.82) is 0 Å². The van der Waals surface area contributed by atoms with Crippen LogP contribution in [0.4, 0.5) is 5.69 Å². The van der Waals surface area contributed by atoms with E-state index in [0.29, 0.717) is 5.56 Å². The van der Waals surface area contributed by atoms with Gasteiger partial charge in [0.15, 0.2) is 0 Å². The maximum atomic E-state index is 12.0. The lowest BCUT2D eigenvalue weighted by molar-refractivity contribution is 0.0916. The van der Waals surface area contributed by atoms with Crippen LogP contribution in [0.25, 0.3) is 0 Å². The molecule has 0 saturated heterocycles. The maximum Gasteiger partial charge on any atom is 0.251 e. The van der Waals surface area contributed by atoms with Crippen molar-refractivity contribution in [3.05, 3.63) is 65.7 Å². The summed E-state index contributed by atoms with van der Waals surface area (Å²) in [7, 11) is 3.90. The summed E-state index contributed by atoms with van der Waals surface area (Å²) < 4.78 is 0. The molecule has 2 aromatic carbocycles. The summed E-state index contributed by atoms with van der Waals surface area (Å²) in [5.74, 6) is -0.185. The third-order valence-corrected chi connectivity index (χ3v) is 3.29. The third kappa shape index (κ3) is 4.07. The highest BCUT2D eigenvalue weighted by Crippen LogP contribution is 2.13. The zero-order valence-corrected chi connectivity index (χ0v) is 12.3. The van der Waals surface area contributed by atoms with E-state index in [1.54, 1.807) is 12.1 Å². The van der Waals surface area contributed by atoms with Gasteiger partial charge in [-0.15, -0.1) is 0 Å². The summed E-state index contributed by atoms with van der Waals surface area (Å²) in [4.78, 5) is 14.0. The molecule has 21 heavy (non-hydrogen) atoms. The molecular formula is C17H20N2O2. The molecule has 0 radical (unpaired) electrons. The number of anilines is 1. The van der Waals surface area contributed by atoms with Gasteiger partial charge in [0.25, 0.3) is 5.91 Å². The molecule has 0 bridgehead atoms. The fourth-order valence-electron chi connectivity index (χ4n) is 2.00. The van der Waals surface area contributed by atoms with Crippen molar-refractivity contribution in [2.24, 2.45) is 0 Å². The second-order valence-corrected chi connectivity index (χ2v) is 5.08. The van der Waals surface area contributed by atoms with E-state index in [2.05, 4.69) is 5.32 Å². The Labute approximate surface area is 125 Å². The summed E-state index contributed by atoms with van der Waals surface area (Å²) in [6.07, 6.45) is -0.698. The minimum atomic E-state index is -0.698. The Kier molecular flexibility index (Phi) is 4.95. The van der Waals surface area contributed by atoms with Crippen LogP contribution in [0.2, 0.25) is 0 Å². The lowest BCUT2D eigenvalue weighted by Crippen LogP contribution is -2.28. The fourth-order valence-corrected chi connectivity index (χ4v) is 2.00. The van der Waals surface area contributed by atoms with Crippen LogP contribution >= 0.6 is 0 Å². The summed E-state index contributed by atoms with van der Waals surface area (Å²) in [5.41, 5.74) is 2.41. The predicted molar refractivity (Wildman–Crippen MR) is 84.5 cm³/mol. The molecule has 1 amide bonds. The van der Waals surface area contributed by atoms with Gasteiger partial charge in [-0.3, -0.25) is 4.79 Å². The van der Waals surface area contributed by atoms with Crippen LogP contribution in [-0.4, -0.2) is 31.7 Å². The van der Waals surface area contributed by atoms with Gasteiger partial charge in [0.1, 0.15) is 0 Å². The lowest BCUT2D eigenvalue weighted by atomic mass is 10.1. The first-order valence-corrected chi connectivity index (χ1v) is 6.86. The Morgan fingerprint density at radius 2 is 1.71 bits per heavy atom. The molecule has 0 unspecified atom stereocenters. The molecule has 4 heteroatoms. The van der Waals surface area contributed by atoms with Gasteiger partial charge in [0.2, 0.25) is 0 Å². The van der Waals surface area contributed by atoms with Crippen molar-refractivity contribution < 1.29 is 9.90 Å². The summed E-state index contributed by atoms with van der Waals surface area (Å²) in [6, 6.07) is 16.6. The number of carbonyl (C=O) groups excluding carboxylic acids is 1. The molecule has 110 valence electrons. The average molecular weight is 284 g/mol. The molecule has 0 saturated carbocycles. The highest BCUT2D eigenvalue weighted by Gasteiger charge is 2.10. The molecule has 0 aliphatic carbocycles. The Hall–Kier alpha value is -2.33. The quantitative estimate of drug-likeness (QED) is 0.885. The molecule has 1 atom stereocenters. The SMILES string of the molecule is CN(C)c1ccc(C(=O)NC[C@@H](O)c2ccccc2)cc1. The van der Waals surface area contributed by atoms with Crippen LogP contribution in [0.5, 0.6) is 0 Å². The van der Waals surface area contributed by atoms with E-state index in [-0.39, 0.29) is 12.5 Å². The normalized spacial score (nSPS) is 11.8. The van der Waals surface area contributed by atoms with Crippen molar-refractivity contribution in [2.45, 2.75) is 6.10 Å². The molecule has 2 aromatic rings. The Balaban J connectivity index is 1.92.